The largest absolute Gasteiger partial charge is 0.350 e. The zero-order chi connectivity index (χ0) is 14.7. The fourth-order valence-corrected chi connectivity index (χ4v) is 3.06. The quantitative estimate of drug-likeness (QED) is 0.776. The van der Waals surface area contributed by atoms with E-state index in [1.54, 1.807) is 0 Å². The molecule has 0 saturated heterocycles. The molecule has 0 bridgehead atoms. The second-order valence-electron chi connectivity index (χ2n) is 4.85. The molecule has 21 heavy (non-hydrogen) atoms. The number of fused-ring (bicyclic) bond motifs is 1. The van der Waals surface area contributed by atoms with Crippen LogP contribution in [0.5, 0.6) is 0 Å². The standard InChI is InChI=1S/C17H16N2OS/c18-16(15-9-4-10-21-15)17(20)19-11-13-7-3-6-12-5-1-2-8-14(12)13/h1-10,16H,11,18H2,(H,19,20). The summed E-state index contributed by atoms with van der Waals surface area (Å²) in [6.45, 7) is 0.485. The van der Waals surface area contributed by atoms with E-state index in [9.17, 15) is 4.79 Å². The van der Waals surface area contributed by atoms with Gasteiger partial charge in [-0.3, -0.25) is 4.79 Å². The molecule has 0 spiro atoms. The van der Waals surface area contributed by atoms with Crippen molar-refractivity contribution in [2.75, 3.05) is 0 Å². The highest BCUT2D eigenvalue weighted by Crippen LogP contribution is 2.19. The molecule has 1 atom stereocenters. The van der Waals surface area contributed by atoms with Crippen molar-refractivity contribution in [3.63, 3.8) is 0 Å². The van der Waals surface area contributed by atoms with E-state index in [0.29, 0.717) is 6.54 Å². The van der Waals surface area contributed by atoms with Crippen molar-refractivity contribution in [1.82, 2.24) is 5.32 Å². The molecule has 0 radical (unpaired) electrons. The number of amides is 1. The minimum absolute atomic E-state index is 0.148. The summed E-state index contributed by atoms with van der Waals surface area (Å²) >= 11 is 1.50. The predicted octanol–water partition coefficient (Wildman–Crippen LogP) is 3.22. The Bertz CT molecular complexity index is 747. The topological polar surface area (TPSA) is 55.1 Å². The first-order valence-corrected chi connectivity index (χ1v) is 7.67. The van der Waals surface area contributed by atoms with Crippen LogP contribution in [0.1, 0.15) is 16.5 Å². The van der Waals surface area contributed by atoms with Gasteiger partial charge in [-0.25, -0.2) is 0 Å². The summed E-state index contributed by atoms with van der Waals surface area (Å²) in [5.74, 6) is -0.148. The summed E-state index contributed by atoms with van der Waals surface area (Å²) in [6, 6.07) is 17.4. The Hall–Kier alpha value is -2.17. The van der Waals surface area contributed by atoms with E-state index in [-0.39, 0.29) is 5.91 Å². The summed E-state index contributed by atoms with van der Waals surface area (Å²) in [5, 5.41) is 7.18. The van der Waals surface area contributed by atoms with Gasteiger partial charge in [0.1, 0.15) is 6.04 Å². The molecule has 0 saturated carbocycles. The molecule has 0 aliphatic carbocycles. The van der Waals surface area contributed by atoms with Crippen LogP contribution < -0.4 is 11.1 Å². The molecular formula is C17H16N2OS. The number of thiophene rings is 1. The third-order valence-corrected chi connectivity index (χ3v) is 4.42. The fraction of sp³-hybridized carbons (Fsp3) is 0.118. The maximum absolute atomic E-state index is 12.1. The van der Waals surface area contributed by atoms with Gasteiger partial charge in [0.2, 0.25) is 5.91 Å². The van der Waals surface area contributed by atoms with E-state index >= 15 is 0 Å². The molecule has 1 aromatic heterocycles. The average molecular weight is 296 g/mol. The monoisotopic (exact) mass is 296 g/mol. The first kappa shape index (κ1) is 13.8. The van der Waals surface area contributed by atoms with Crippen LogP contribution in [0.2, 0.25) is 0 Å². The van der Waals surface area contributed by atoms with Crippen LogP contribution in [0.3, 0.4) is 0 Å². The first-order chi connectivity index (χ1) is 10.3. The molecule has 1 amide bonds. The number of nitrogens with one attached hydrogen (secondary N) is 1. The number of hydrogen-bond acceptors (Lipinski definition) is 3. The predicted molar refractivity (Wildman–Crippen MR) is 87.0 cm³/mol. The molecule has 0 aliphatic heterocycles. The van der Waals surface area contributed by atoms with Gasteiger partial charge in [0.05, 0.1) is 0 Å². The normalized spacial score (nSPS) is 12.2. The molecule has 0 fully saturated rings. The zero-order valence-electron chi connectivity index (χ0n) is 11.5. The fourth-order valence-electron chi connectivity index (χ4n) is 2.34. The third-order valence-electron chi connectivity index (χ3n) is 3.47. The summed E-state index contributed by atoms with van der Waals surface area (Å²) in [5.41, 5.74) is 7.06. The van der Waals surface area contributed by atoms with Gasteiger partial charge in [-0.2, -0.15) is 0 Å². The lowest BCUT2D eigenvalue weighted by Crippen LogP contribution is -2.33. The van der Waals surface area contributed by atoms with Gasteiger partial charge in [-0.05, 0) is 27.8 Å². The third kappa shape index (κ3) is 2.96. The molecular weight excluding hydrogens is 280 g/mol. The maximum Gasteiger partial charge on any atom is 0.242 e. The van der Waals surface area contributed by atoms with E-state index < -0.39 is 6.04 Å². The smallest absolute Gasteiger partial charge is 0.242 e. The van der Waals surface area contributed by atoms with Crippen LogP contribution >= 0.6 is 11.3 Å². The molecule has 3 nitrogen and oxygen atoms in total. The molecule has 106 valence electrons. The molecule has 0 aliphatic rings. The highest BCUT2D eigenvalue weighted by atomic mass is 32.1. The van der Waals surface area contributed by atoms with Gasteiger partial charge >= 0.3 is 0 Å². The van der Waals surface area contributed by atoms with Gasteiger partial charge in [-0.1, -0.05) is 48.5 Å². The molecule has 3 N–H and O–H groups in total. The highest BCUT2D eigenvalue weighted by molar-refractivity contribution is 7.10. The van der Waals surface area contributed by atoms with E-state index in [0.717, 1.165) is 15.8 Å². The summed E-state index contributed by atoms with van der Waals surface area (Å²) in [7, 11) is 0. The number of carbonyl (C=O) groups is 1. The van der Waals surface area contributed by atoms with Crippen molar-refractivity contribution in [2.45, 2.75) is 12.6 Å². The lowest BCUT2D eigenvalue weighted by molar-refractivity contribution is -0.122. The Balaban J connectivity index is 1.73. The van der Waals surface area contributed by atoms with Crippen LogP contribution in [0.4, 0.5) is 0 Å². The highest BCUT2D eigenvalue weighted by Gasteiger charge is 2.16. The van der Waals surface area contributed by atoms with Gasteiger partial charge in [-0.15, -0.1) is 11.3 Å². The van der Waals surface area contributed by atoms with Crippen LogP contribution in [0, 0.1) is 0 Å². The number of nitrogens with two attached hydrogens (primary N) is 1. The lowest BCUT2D eigenvalue weighted by atomic mass is 10.0. The minimum Gasteiger partial charge on any atom is -0.350 e. The molecule has 1 heterocycles. The van der Waals surface area contributed by atoms with Crippen LogP contribution in [0.15, 0.2) is 60.0 Å². The van der Waals surface area contributed by atoms with Crippen LogP contribution in [-0.2, 0) is 11.3 Å². The number of rotatable bonds is 4. The SMILES string of the molecule is NC(C(=O)NCc1cccc2ccccc12)c1cccs1. The van der Waals surface area contributed by atoms with E-state index in [1.165, 1.54) is 16.7 Å². The van der Waals surface area contributed by atoms with Crippen molar-refractivity contribution in [1.29, 1.82) is 0 Å². The average Bonchev–Trinajstić information content (AvgIpc) is 3.06. The Morgan fingerprint density at radius 3 is 2.71 bits per heavy atom. The number of benzene rings is 2. The molecule has 3 aromatic rings. The summed E-state index contributed by atoms with van der Waals surface area (Å²) in [4.78, 5) is 13.0. The molecule has 2 aromatic carbocycles. The molecule has 3 rings (SSSR count). The second kappa shape index (κ2) is 6.08. The zero-order valence-corrected chi connectivity index (χ0v) is 12.3. The Morgan fingerprint density at radius 1 is 1.10 bits per heavy atom. The first-order valence-electron chi connectivity index (χ1n) is 6.79. The minimum atomic E-state index is -0.597. The van der Waals surface area contributed by atoms with Gasteiger partial charge in [0.15, 0.2) is 0 Å². The Kier molecular flexibility index (Phi) is 3.99. The van der Waals surface area contributed by atoms with Gasteiger partial charge in [0, 0.05) is 11.4 Å². The van der Waals surface area contributed by atoms with Crippen molar-refractivity contribution in [3.8, 4) is 0 Å². The van der Waals surface area contributed by atoms with Gasteiger partial charge in [0.25, 0.3) is 0 Å². The van der Waals surface area contributed by atoms with Crippen LogP contribution in [-0.4, -0.2) is 5.91 Å². The second-order valence-corrected chi connectivity index (χ2v) is 5.83. The summed E-state index contributed by atoms with van der Waals surface area (Å²) < 4.78 is 0. The summed E-state index contributed by atoms with van der Waals surface area (Å²) in [6.07, 6.45) is 0. The van der Waals surface area contributed by atoms with E-state index in [1.807, 2.05) is 41.8 Å². The maximum atomic E-state index is 12.1. The van der Waals surface area contributed by atoms with Gasteiger partial charge < -0.3 is 11.1 Å². The van der Waals surface area contributed by atoms with Crippen LogP contribution in [0.25, 0.3) is 10.8 Å². The van der Waals surface area contributed by atoms with E-state index in [4.69, 9.17) is 5.73 Å². The van der Waals surface area contributed by atoms with Crippen molar-refractivity contribution in [2.24, 2.45) is 5.73 Å². The number of hydrogen-bond donors (Lipinski definition) is 2. The lowest BCUT2D eigenvalue weighted by Gasteiger charge is -2.12. The Labute approximate surface area is 127 Å². The van der Waals surface area contributed by atoms with Crippen molar-refractivity contribution in [3.05, 3.63) is 70.4 Å². The van der Waals surface area contributed by atoms with Crippen molar-refractivity contribution < 1.29 is 4.79 Å². The Morgan fingerprint density at radius 2 is 1.90 bits per heavy atom. The number of carbonyl (C=O) groups excluding carboxylic acids is 1. The molecule has 1 unspecified atom stereocenters. The van der Waals surface area contributed by atoms with Crippen molar-refractivity contribution >= 4 is 28.0 Å². The molecule has 4 heteroatoms. The van der Waals surface area contributed by atoms with E-state index in [2.05, 4.69) is 23.5 Å².